The van der Waals surface area contributed by atoms with Crippen LogP contribution in [-0.4, -0.2) is 21.6 Å². The Hall–Kier alpha value is -7.27. The summed E-state index contributed by atoms with van der Waals surface area (Å²) in [5.74, 6) is -2.44. The summed E-state index contributed by atoms with van der Waals surface area (Å²) in [5.41, 5.74) is -0.239. The van der Waals surface area contributed by atoms with Gasteiger partial charge in [0.25, 0.3) is 11.3 Å². The molecule has 0 fully saturated rings. The van der Waals surface area contributed by atoms with E-state index in [4.69, 9.17) is 4.74 Å². The molecule has 2 heterocycles. The number of rotatable bonds is 11. The number of Topliss-reactive ketones (excluding diaryl/α,β-unsaturated/α-hetero) is 1. The summed E-state index contributed by atoms with van der Waals surface area (Å²) < 4.78 is 80.1. The maximum absolute atomic E-state index is 15.2. The fraction of sp³-hybridized carbons (Fsp3) is 0.0154. The van der Waals surface area contributed by atoms with Crippen LogP contribution in [0.25, 0.3) is 47.9 Å². The fourth-order valence-corrected chi connectivity index (χ4v) is 16.6. The van der Waals surface area contributed by atoms with Gasteiger partial charge in [-0.05, 0) is 59.7 Å². The number of aromatic nitrogens is 1. The van der Waals surface area contributed by atoms with Gasteiger partial charge >= 0.3 is 6.18 Å². The molecule has 12 aromatic rings. The third kappa shape index (κ3) is 10.5. The van der Waals surface area contributed by atoms with Crippen LogP contribution in [0.4, 0.5) is 13.2 Å². The molecule has 0 saturated carbocycles. The number of ketones is 1. The van der Waals surface area contributed by atoms with E-state index in [1.165, 1.54) is 17.4 Å². The Morgan fingerprint density at radius 3 is 1.33 bits per heavy atom. The van der Waals surface area contributed by atoms with E-state index in [9.17, 15) is 27.9 Å². The molecule has 1 N–H and O–H groups in total. The van der Waals surface area contributed by atoms with E-state index in [-0.39, 0.29) is 66.0 Å². The van der Waals surface area contributed by atoms with Gasteiger partial charge in [-0.25, -0.2) is 0 Å². The van der Waals surface area contributed by atoms with Crippen molar-refractivity contribution in [2.45, 2.75) is 6.18 Å². The third-order valence-corrected chi connectivity index (χ3v) is 20.9. The zero-order chi connectivity index (χ0) is 54.0. The van der Waals surface area contributed by atoms with Crippen molar-refractivity contribution in [2.24, 2.45) is 0 Å². The van der Waals surface area contributed by atoms with Crippen molar-refractivity contribution in [3.63, 3.8) is 0 Å². The summed E-state index contributed by atoms with van der Waals surface area (Å²) in [6.07, 6.45) is -5.33. The monoisotopic (exact) mass is 1240 g/mol. The molecule has 14 heteroatoms. The number of fused-ring (bicyclic) bond motifs is 5. The van der Waals surface area contributed by atoms with Crippen LogP contribution < -0.4 is 42.1 Å². The summed E-state index contributed by atoms with van der Waals surface area (Å²) in [6.45, 7) is 0. The van der Waals surface area contributed by atoms with E-state index < -0.39 is 43.1 Å². The minimum absolute atomic E-state index is 0. The van der Waals surface area contributed by atoms with Crippen molar-refractivity contribution < 1.29 is 86.3 Å². The second-order valence-corrected chi connectivity index (χ2v) is 24.7. The molecule has 389 valence electrons. The molecule has 0 saturated heterocycles. The molecule has 0 amide bonds. The molecule has 10 aromatic carbocycles. The molecule has 0 aliphatic heterocycles. The van der Waals surface area contributed by atoms with E-state index in [2.05, 4.69) is 0 Å². The van der Waals surface area contributed by atoms with Gasteiger partial charge in [0.15, 0.2) is 14.3 Å². The molecular weight excluding hydrogens is 1190 g/mol. The Labute approximate surface area is 497 Å². The molecule has 0 bridgehead atoms. The topological polar surface area (TPSA) is 103 Å². The number of carbonyl (C=O) groups is 1. The van der Waals surface area contributed by atoms with Gasteiger partial charge in [-0.15, -0.1) is 11.3 Å². The first kappa shape index (κ1) is 55.1. The molecule has 0 atom stereocenters. The largest absolute Gasteiger partial charge is 0.506 e. The van der Waals surface area contributed by atoms with E-state index in [0.29, 0.717) is 26.8 Å². The van der Waals surface area contributed by atoms with E-state index in [1.54, 1.807) is 30.3 Å². The molecule has 2 aromatic heterocycles. The Morgan fingerprint density at radius 2 is 0.861 bits per heavy atom. The second kappa shape index (κ2) is 23.2. The van der Waals surface area contributed by atoms with Crippen LogP contribution in [0.1, 0.15) is 10.4 Å². The Balaban J connectivity index is 0.000000177. The number of hydrogen-bond acceptors (Lipinski definition) is 7. The van der Waals surface area contributed by atoms with E-state index in [0.717, 1.165) is 52.4 Å². The molecule has 0 unspecified atom stereocenters. The molecule has 7 nitrogen and oxygen atoms in total. The van der Waals surface area contributed by atoms with Crippen LogP contribution in [0.3, 0.4) is 0 Å². The standard InChI is InChI=1S/C36H28O3P2.C29H16F3NO3S.Eu/c37-40(29-17-5-1-6-18-29,30-19-7-2-8-20-30)35-27-15-13-25-33(35)39-34-26-14-16-28-36(34)41(38,31-21-9-3-10-22-31)32-23-11-4-12-24-32;30-29(31,32)27(35)23-25(34)21-15-14-20-19-8-4-5-9-22(19)37-26(20)24(21)33(28(23)36)18-12-10-17(11-13-18)16-6-2-1-3-7-16;/h1-28H;1-15,34H;. The van der Waals surface area contributed by atoms with Gasteiger partial charge in [0.05, 0.1) is 20.8 Å². The first-order valence-electron chi connectivity index (χ1n) is 24.7. The van der Waals surface area contributed by atoms with Gasteiger partial charge in [0.2, 0.25) is 0 Å². The van der Waals surface area contributed by atoms with Crippen LogP contribution in [-0.2, 0) is 9.13 Å². The van der Waals surface area contributed by atoms with Gasteiger partial charge < -0.3 is 19.0 Å². The SMILES string of the molecule is O=C(c1c(O)c2ccc3c4ccccc4sc3c2n(-c2ccc(-c3ccccc3)cc2)c1=O)C(F)(F)F.O=P(c1ccccc1)(c1ccccc1)c1ccccc1Oc1ccccc1P(=O)(c1ccccc1)c1ccccc1.[Eu]. The predicted molar refractivity (Wildman–Crippen MR) is 312 cm³/mol. The first-order chi connectivity index (χ1) is 37.9. The number of aromatic hydroxyl groups is 1. The summed E-state index contributed by atoms with van der Waals surface area (Å²) in [5, 5.41) is 16.6. The normalized spacial score (nSPS) is 11.6. The van der Waals surface area contributed by atoms with Gasteiger partial charge in [0.1, 0.15) is 22.8 Å². The van der Waals surface area contributed by atoms with Crippen molar-refractivity contribution in [3.8, 4) is 34.1 Å². The maximum atomic E-state index is 15.2. The number of benzene rings is 10. The van der Waals surface area contributed by atoms with Gasteiger partial charge in [-0.2, -0.15) is 13.2 Å². The van der Waals surface area contributed by atoms with Crippen molar-refractivity contribution in [1.29, 1.82) is 0 Å². The van der Waals surface area contributed by atoms with Crippen LogP contribution in [0, 0.1) is 49.4 Å². The average molecular weight is 1240 g/mol. The predicted octanol–water partition coefficient (Wildman–Crippen LogP) is 14.2. The van der Waals surface area contributed by atoms with Gasteiger partial charge in [-0.3, -0.25) is 14.2 Å². The number of para-hydroxylation sites is 2. The van der Waals surface area contributed by atoms with Crippen molar-refractivity contribution in [1.82, 2.24) is 4.57 Å². The molecule has 0 spiro atoms. The summed E-state index contributed by atoms with van der Waals surface area (Å²) in [7, 11) is -6.63. The summed E-state index contributed by atoms with van der Waals surface area (Å²) >= 11 is 1.36. The van der Waals surface area contributed by atoms with Crippen LogP contribution in [0.15, 0.2) is 266 Å². The van der Waals surface area contributed by atoms with Crippen molar-refractivity contribution >= 4 is 94.3 Å². The Bertz CT molecular complexity index is 4110. The summed E-state index contributed by atoms with van der Waals surface area (Å²) in [4.78, 5) is 25.9. The number of hydrogen-bond donors (Lipinski definition) is 1. The van der Waals surface area contributed by atoms with Crippen LogP contribution in [0.5, 0.6) is 17.2 Å². The van der Waals surface area contributed by atoms with Gasteiger partial charge in [-0.1, -0.05) is 212 Å². The average Bonchev–Trinajstić information content (AvgIpc) is 4.03. The van der Waals surface area contributed by atoms with Crippen molar-refractivity contribution in [3.05, 3.63) is 277 Å². The molecular formula is C65H44EuF3NO6P2S. The van der Waals surface area contributed by atoms with Crippen LogP contribution >= 0.6 is 25.6 Å². The summed E-state index contributed by atoms with van der Waals surface area (Å²) in [6, 6.07) is 79.9. The van der Waals surface area contributed by atoms with E-state index in [1.807, 2.05) is 224 Å². The molecule has 0 aliphatic rings. The third-order valence-electron chi connectivity index (χ3n) is 13.5. The maximum Gasteiger partial charge on any atom is 0.455 e. The number of halogens is 3. The Morgan fingerprint density at radius 1 is 0.468 bits per heavy atom. The van der Waals surface area contributed by atoms with Crippen LogP contribution in [0.2, 0.25) is 0 Å². The second-order valence-electron chi connectivity index (χ2n) is 18.1. The molecule has 0 aliphatic carbocycles. The first-order valence-corrected chi connectivity index (χ1v) is 28.9. The molecule has 12 rings (SSSR count). The van der Waals surface area contributed by atoms with Gasteiger partial charge in [0, 0.05) is 97.1 Å². The number of ether oxygens (including phenoxy) is 1. The van der Waals surface area contributed by atoms with E-state index >= 15 is 9.13 Å². The minimum Gasteiger partial charge on any atom is -0.506 e. The number of nitrogens with zero attached hydrogens (tertiary/aromatic N) is 1. The number of alkyl halides is 3. The number of pyridine rings is 1. The molecule has 1 radical (unpaired) electrons. The zero-order valence-electron chi connectivity index (χ0n) is 41.6. The zero-order valence-corrected chi connectivity index (χ0v) is 46.6. The number of thiophene rings is 1. The minimum atomic E-state index is -5.33. The smallest absolute Gasteiger partial charge is 0.455 e. The molecule has 79 heavy (non-hydrogen) atoms. The quantitative estimate of drug-likeness (QED) is 0.102. The fourth-order valence-electron chi connectivity index (χ4n) is 9.80. The Kier molecular flexibility index (Phi) is 16.2. The number of carbonyl (C=O) groups excluding carboxylic acids is 1. The van der Waals surface area contributed by atoms with Crippen molar-refractivity contribution in [2.75, 3.05) is 0 Å².